The van der Waals surface area contributed by atoms with Crippen molar-refractivity contribution in [2.45, 2.75) is 30.3 Å². The highest BCUT2D eigenvalue weighted by molar-refractivity contribution is 7.89. The number of non-ortho nitro benzene ring substituents is 1. The van der Waals surface area contributed by atoms with Gasteiger partial charge in [-0.1, -0.05) is 11.3 Å². The van der Waals surface area contributed by atoms with E-state index < -0.39 is 26.8 Å². The molecule has 0 unspecified atom stereocenters. The first-order chi connectivity index (χ1) is 16.1. The van der Waals surface area contributed by atoms with E-state index in [1.54, 1.807) is 0 Å². The molecule has 1 aromatic heterocycles. The van der Waals surface area contributed by atoms with Crippen molar-refractivity contribution < 1.29 is 27.7 Å². The molecule has 34 heavy (non-hydrogen) atoms. The molecule has 0 bridgehead atoms. The van der Waals surface area contributed by atoms with E-state index in [1.807, 2.05) is 0 Å². The molecule has 0 N–H and O–H groups in total. The number of fused-ring (bicyclic) bond motifs is 1. The van der Waals surface area contributed by atoms with E-state index in [-0.39, 0.29) is 33.5 Å². The number of nitro benzene ring substituents is 1. The third-order valence-electron chi connectivity index (χ3n) is 5.43. The van der Waals surface area contributed by atoms with E-state index in [4.69, 9.17) is 4.74 Å². The number of hydrogen-bond donors (Lipinski definition) is 0. The van der Waals surface area contributed by atoms with Gasteiger partial charge in [0, 0.05) is 30.8 Å². The van der Waals surface area contributed by atoms with Gasteiger partial charge in [-0.3, -0.25) is 19.7 Å². The minimum Gasteiger partial charge on any atom is -0.468 e. The molecule has 1 aliphatic carbocycles. The fraction of sp³-hybridized carbons (Fsp3) is 0.286. The maximum atomic E-state index is 12.8. The number of aromatic nitrogens is 1. The average molecular weight is 505 g/mol. The molecule has 4 rings (SSSR count). The second-order valence-corrected chi connectivity index (χ2v) is 10.7. The Bertz CT molecular complexity index is 1470. The second kappa shape index (κ2) is 9.08. The highest BCUT2D eigenvalue weighted by atomic mass is 32.2. The summed E-state index contributed by atoms with van der Waals surface area (Å²) in [6, 6.07) is 9.59. The van der Waals surface area contributed by atoms with Gasteiger partial charge < -0.3 is 9.30 Å². The summed E-state index contributed by atoms with van der Waals surface area (Å²) in [4.78, 5) is 39.6. The molecule has 178 valence electrons. The highest BCUT2D eigenvalue weighted by Crippen LogP contribution is 2.30. The monoisotopic (exact) mass is 504 g/mol. The lowest BCUT2D eigenvalue weighted by Gasteiger charge is -2.16. The van der Waals surface area contributed by atoms with E-state index in [1.165, 1.54) is 65.5 Å². The van der Waals surface area contributed by atoms with Gasteiger partial charge in [0.2, 0.25) is 10.0 Å². The van der Waals surface area contributed by atoms with Crippen molar-refractivity contribution in [2.75, 3.05) is 14.2 Å². The van der Waals surface area contributed by atoms with Crippen molar-refractivity contribution in [3.8, 4) is 0 Å². The van der Waals surface area contributed by atoms with Crippen LogP contribution in [0.25, 0.3) is 10.2 Å². The second-order valence-electron chi connectivity index (χ2n) is 7.65. The van der Waals surface area contributed by atoms with Gasteiger partial charge in [0.25, 0.3) is 11.6 Å². The Morgan fingerprint density at radius 1 is 1.24 bits per heavy atom. The summed E-state index contributed by atoms with van der Waals surface area (Å²) >= 11 is 1.01. The third-order valence-corrected chi connectivity index (χ3v) is 8.39. The Morgan fingerprint density at radius 2 is 1.91 bits per heavy atom. The summed E-state index contributed by atoms with van der Waals surface area (Å²) in [5.41, 5.74) is 0.503. The SMILES string of the molecule is COC(=O)Cn1c(=NC(=O)c2ccc(S(=O)(=O)N(C)C3CC3)cc2)sc2cc([N+](=O)[O-])ccc21. The molecule has 1 heterocycles. The molecular formula is C21H20N4O7S2. The van der Waals surface area contributed by atoms with Gasteiger partial charge in [-0.05, 0) is 43.2 Å². The lowest BCUT2D eigenvalue weighted by molar-refractivity contribution is -0.384. The van der Waals surface area contributed by atoms with Crippen LogP contribution in [0.5, 0.6) is 0 Å². The summed E-state index contributed by atoms with van der Waals surface area (Å²) in [6.45, 7) is -0.245. The van der Waals surface area contributed by atoms with Crippen LogP contribution in [0.3, 0.4) is 0 Å². The third kappa shape index (κ3) is 4.62. The standard InChI is InChI=1S/C21H20N4O7S2/c1-23(14-5-6-14)34(30,31)16-8-3-13(4-9-16)20(27)22-21-24(12-19(26)32-2)17-10-7-15(25(28)29)11-18(17)33-21/h3-4,7-11,14H,5-6,12H2,1-2H3. The van der Waals surface area contributed by atoms with Crippen LogP contribution in [-0.4, -0.2) is 54.3 Å². The van der Waals surface area contributed by atoms with Gasteiger partial charge in [0.15, 0.2) is 4.80 Å². The van der Waals surface area contributed by atoms with Crippen molar-refractivity contribution in [2.24, 2.45) is 4.99 Å². The van der Waals surface area contributed by atoms with E-state index in [2.05, 4.69) is 4.99 Å². The maximum Gasteiger partial charge on any atom is 0.325 e. The Balaban J connectivity index is 1.71. The quantitative estimate of drug-likeness (QED) is 0.273. The topological polar surface area (TPSA) is 141 Å². The van der Waals surface area contributed by atoms with Crippen LogP contribution < -0.4 is 4.80 Å². The Kier molecular flexibility index (Phi) is 6.34. The molecule has 0 aliphatic heterocycles. The van der Waals surface area contributed by atoms with Crippen LogP contribution >= 0.6 is 11.3 Å². The number of carbonyl (C=O) groups is 2. The zero-order valence-corrected chi connectivity index (χ0v) is 19.8. The number of nitro groups is 1. The lowest BCUT2D eigenvalue weighted by atomic mass is 10.2. The van der Waals surface area contributed by atoms with Gasteiger partial charge in [-0.25, -0.2) is 8.42 Å². The molecule has 0 spiro atoms. The van der Waals surface area contributed by atoms with Gasteiger partial charge in [-0.2, -0.15) is 9.30 Å². The molecule has 1 amide bonds. The van der Waals surface area contributed by atoms with Crippen LogP contribution in [0.1, 0.15) is 23.2 Å². The number of carbonyl (C=O) groups excluding carboxylic acids is 2. The van der Waals surface area contributed by atoms with Crippen LogP contribution in [0.15, 0.2) is 52.4 Å². The summed E-state index contributed by atoms with van der Waals surface area (Å²) in [6.07, 6.45) is 1.66. The Morgan fingerprint density at radius 3 is 2.50 bits per heavy atom. The van der Waals surface area contributed by atoms with Crippen LogP contribution in [0.4, 0.5) is 5.69 Å². The van der Waals surface area contributed by atoms with Crippen molar-refractivity contribution in [3.63, 3.8) is 0 Å². The fourth-order valence-electron chi connectivity index (χ4n) is 3.33. The van der Waals surface area contributed by atoms with Crippen molar-refractivity contribution >= 4 is 49.1 Å². The molecule has 1 aliphatic rings. The number of amides is 1. The number of esters is 1. The number of rotatable bonds is 7. The summed E-state index contributed by atoms with van der Waals surface area (Å²) in [5, 5.41) is 11.1. The minimum absolute atomic E-state index is 0.00958. The van der Waals surface area contributed by atoms with Gasteiger partial charge >= 0.3 is 5.97 Å². The number of sulfonamides is 1. The highest BCUT2D eigenvalue weighted by Gasteiger charge is 2.35. The van der Waals surface area contributed by atoms with E-state index in [0.29, 0.717) is 10.2 Å². The largest absolute Gasteiger partial charge is 0.468 e. The molecule has 0 saturated heterocycles. The molecule has 2 aromatic carbocycles. The first-order valence-electron chi connectivity index (χ1n) is 10.1. The average Bonchev–Trinajstić information content (AvgIpc) is 3.62. The molecule has 0 atom stereocenters. The molecule has 1 saturated carbocycles. The molecule has 11 nitrogen and oxygen atoms in total. The number of nitrogens with zero attached hydrogens (tertiary/aromatic N) is 4. The summed E-state index contributed by atoms with van der Waals surface area (Å²) < 4.78 is 33.3. The number of ether oxygens (including phenoxy) is 1. The number of thiazole rings is 1. The molecule has 3 aromatic rings. The maximum absolute atomic E-state index is 12.8. The predicted molar refractivity (Wildman–Crippen MR) is 123 cm³/mol. The van der Waals surface area contributed by atoms with E-state index >= 15 is 0 Å². The van der Waals surface area contributed by atoms with E-state index in [9.17, 15) is 28.1 Å². The van der Waals surface area contributed by atoms with E-state index in [0.717, 1.165) is 24.2 Å². The zero-order chi connectivity index (χ0) is 24.6. The van der Waals surface area contributed by atoms with Crippen LogP contribution in [0.2, 0.25) is 0 Å². The van der Waals surface area contributed by atoms with Gasteiger partial charge in [0.1, 0.15) is 6.54 Å². The predicted octanol–water partition coefficient (Wildman–Crippen LogP) is 2.31. The van der Waals surface area contributed by atoms with Crippen molar-refractivity contribution in [1.29, 1.82) is 0 Å². The first kappa shape index (κ1) is 23.7. The Labute approximate surface area is 198 Å². The van der Waals surface area contributed by atoms with Crippen LogP contribution in [-0.2, 0) is 26.1 Å². The minimum atomic E-state index is -3.65. The van der Waals surface area contributed by atoms with Crippen LogP contribution in [0, 0.1) is 10.1 Å². The smallest absolute Gasteiger partial charge is 0.325 e. The van der Waals surface area contributed by atoms with Gasteiger partial charge in [0.05, 0.1) is 27.1 Å². The number of hydrogen-bond acceptors (Lipinski definition) is 8. The fourth-order valence-corrected chi connectivity index (χ4v) is 5.81. The first-order valence-corrected chi connectivity index (χ1v) is 12.4. The molecule has 1 fully saturated rings. The normalized spacial score (nSPS) is 14.5. The zero-order valence-electron chi connectivity index (χ0n) is 18.2. The van der Waals surface area contributed by atoms with Crippen molar-refractivity contribution in [3.05, 3.63) is 62.9 Å². The molecule has 0 radical (unpaired) electrons. The molecular weight excluding hydrogens is 484 g/mol. The Hall–Kier alpha value is -3.42. The van der Waals surface area contributed by atoms with Gasteiger partial charge in [-0.15, -0.1) is 0 Å². The molecule has 13 heteroatoms. The van der Waals surface area contributed by atoms with Crippen molar-refractivity contribution in [1.82, 2.24) is 8.87 Å². The number of methoxy groups -OCH3 is 1. The lowest BCUT2D eigenvalue weighted by Crippen LogP contribution is -2.28. The number of benzene rings is 2. The summed E-state index contributed by atoms with van der Waals surface area (Å²) in [7, 11) is -0.888. The summed E-state index contributed by atoms with van der Waals surface area (Å²) in [5.74, 6) is -1.24.